The molecule has 0 unspecified atom stereocenters. The third kappa shape index (κ3) is 4.07. The van der Waals surface area contributed by atoms with E-state index >= 15 is 0 Å². The van der Waals surface area contributed by atoms with Crippen LogP contribution in [0.3, 0.4) is 0 Å². The van der Waals surface area contributed by atoms with Gasteiger partial charge in [-0.05, 0) is 34.4 Å². The zero-order chi connectivity index (χ0) is 15.0. The highest BCUT2D eigenvalue weighted by Gasteiger charge is 1.91. The number of hydrogen-bond acceptors (Lipinski definition) is 0. The molecule has 0 spiro atoms. The Morgan fingerprint density at radius 3 is 1.73 bits per heavy atom. The van der Waals surface area contributed by atoms with Gasteiger partial charge in [0.1, 0.15) is 0 Å². The molecule has 0 aliphatic heterocycles. The maximum absolute atomic E-state index is 3.26. The smallest absolute Gasteiger partial charge is 0.0105 e. The highest BCUT2D eigenvalue weighted by molar-refractivity contribution is 5.73. The Kier molecular flexibility index (Phi) is 4.63. The van der Waals surface area contributed by atoms with E-state index in [-0.39, 0.29) is 0 Å². The van der Waals surface area contributed by atoms with Gasteiger partial charge in [-0.3, -0.25) is 0 Å². The van der Waals surface area contributed by atoms with Crippen molar-refractivity contribution in [3.8, 4) is 0 Å². The molecule has 0 bridgehead atoms. The summed E-state index contributed by atoms with van der Waals surface area (Å²) in [6.45, 7) is 0. The van der Waals surface area contributed by atoms with Crippen molar-refractivity contribution in [2.24, 2.45) is 0 Å². The van der Waals surface area contributed by atoms with Crippen LogP contribution in [0.2, 0.25) is 0 Å². The highest BCUT2D eigenvalue weighted by atomic mass is 14.0. The molecular weight excluding hydrogens is 264 g/mol. The Morgan fingerprint density at radius 2 is 1.09 bits per heavy atom. The molecule has 0 heterocycles. The molecule has 3 aromatic rings. The van der Waals surface area contributed by atoms with Gasteiger partial charge in [-0.15, -0.1) is 0 Å². The van der Waals surface area contributed by atoms with E-state index in [9.17, 15) is 0 Å². The molecule has 105 valence electrons. The summed E-state index contributed by atoms with van der Waals surface area (Å²) in [4.78, 5) is 0. The van der Waals surface area contributed by atoms with E-state index in [0.29, 0.717) is 0 Å². The second-order valence-electron chi connectivity index (χ2n) is 5.07. The zero-order valence-electron chi connectivity index (χ0n) is 12.3. The monoisotopic (exact) mass is 281 g/mol. The second kappa shape index (κ2) is 7.24. The lowest BCUT2D eigenvalue weighted by Gasteiger charge is -1.98. The van der Waals surface area contributed by atoms with Crippen LogP contribution >= 0.6 is 0 Å². The molecule has 0 atom stereocenters. The van der Waals surface area contributed by atoms with Crippen molar-refractivity contribution >= 4 is 24.3 Å². The fourth-order valence-electron chi connectivity index (χ4n) is 2.21. The molecular formula is C22H17. The molecule has 3 rings (SSSR count). The average Bonchev–Trinajstić information content (AvgIpc) is 2.60. The van der Waals surface area contributed by atoms with Crippen LogP contribution in [-0.4, -0.2) is 0 Å². The lowest BCUT2D eigenvalue weighted by Crippen LogP contribution is -1.77. The lowest BCUT2D eigenvalue weighted by molar-refractivity contribution is 1.60. The van der Waals surface area contributed by atoms with Crippen molar-refractivity contribution < 1.29 is 0 Å². The van der Waals surface area contributed by atoms with E-state index < -0.39 is 0 Å². The molecule has 0 saturated carbocycles. The molecule has 1 radical (unpaired) electrons. The van der Waals surface area contributed by atoms with Crippen molar-refractivity contribution in [1.82, 2.24) is 0 Å². The summed E-state index contributed by atoms with van der Waals surface area (Å²) in [5, 5.41) is 0. The van der Waals surface area contributed by atoms with Crippen LogP contribution < -0.4 is 0 Å². The van der Waals surface area contributed by atoms with E-state index in [0.717, 1.165) is 5.56 Å². The molecule has 0 aromatic heterocycles. The lowest BCUT2D eigenvalue weighted by atomic mass is 10.1. The van der Waals surface area contributed by atoms with Gasteiger partial charge in [0.2, 0.25) is 0 Å². The number of hydrogen-bond donors (Lipinski definition) is 0. The van der Waals surface area contributed by atoms with E-state index in [1.165, 1.54) is 16.7 Å². The summed E-state index contributed by atoms with van der Waals surface area (Å²) in [6.07, 6.45) is 8.45. The molecule has 0 amide bonds. The predicted octanol–water partition coefficient (Wildman–Crippen LogP) is 5.83. The first-order valence-electron chi connectivity index (χ1n) is 7.38. The summed E-state index contributed by atoms with van der Waals surface area (Å²) in [5.41, 5.74) is 4.66. The fraction of sp³-hybridized carbons (Fsp3) is 0. The van der Waals surface area contributed by atoms with Crippen molar-refractivity contribution in [2.45, 2.75) is 0 Å². The molecule has 22 heavy (non-hydrogen) atoms. The minimum absolute atomic E-state index is 1.08. The van der Waals surface area contributed by atoms with Gasteiger partial charge in [0.05, 0.1) is 0 Å². The normalized spacial score (nSPS) is 11.3. The quantitative estimate of drug-likeness (QED) is 0.528. The van der Waals surface area contributed by atoms with Gasteiger partial charge in [-0.2, -0.15) is 0 Å². The summed E-state index contributed by atoms with van der Waals surface area (Å²) in [7, 11) is 0. The van der Waals surface area contributed by atoms with Crippen molar-refractivity contribution in [2.75, 3.05) is 0 Å². The van der Waals surface area contributed by atoms with Crippen LogP contribution in [0, 0.1) is 6.07 Å². The summed E-state index contributed by atoms with van der Waals surface area (Å²) < 4.78 is 0. The van der Waals surface area contributed by atoms with Gasteiger partial charge in [0.25, 0.3) is 0 Å². The van der Waals surface area contributed by atoms with Crippen molar-refractivity contribution in [3.63, 3.8) is 0 Å². The number of rotatable bonds is 4. The average molecular weight is 281 g/mol. The van der Waals surface area contributed by atoms with E-state index in [1.807, 2.05) is 42.5 Å². The Balaban J connectivity index is 1.75. The number of benzene rings is 3. The standard InChI is InChI=1S/C22H17/c1-3-8-19(9-4-1)14-16-21-12-7-13-22(18-21)17-15-20-10-5-2-6-11-20/h1-12,14-18H/b16-14+,17-15+. The zero-order valence-corrected chi connectivity index (χ0v) is 12.3. The third-order valence-corrected chi connectivity index (χ3v) is 3.37. The van der Waals surface area contributed by atoms with E-state index in [2.05, 4.69) is 66.8 Å². The fourth-order valence-corrected chi connectivity index (χ4v) is 2.21. The van der Waals surface area contributed by atoms with Gasteiger partial charge in [-0.25, -0.2) is 0 Å². The van der Waals surface area contributed by atoms with Crippen LogP contribution in [0.1, 0.15) is 22.3 Å². The Morgan fingerprint density at radius 1 is 0.545 bits per heavy atom. The van der Waals surface area contributed by atoms with E-state index in [4.69, 9.17) is 0 Å². The molecule has 0 nitrogen and oxygen atoms in total. The highest BCUT2D eigenvalue weighted by Crippen LogP contribution is 2.12. The topological polar surface area (TPSA) is 0 Å². The first-order valence-corrected chi connectivity index (χ1v) is 7.38. The van der Waals surface area contributed by atoms with Gasteiger partial charge >= 0.3 is 0 Å². The van der Waals surface area contributed by atoms with Crippen LogP contribution in [-0.2, 0) is 0 Å². The van der Waals surface area contributed by atoms with Crippen molar-refractivity contribution in [1.29, 1.82) is 0 Å². The molecule has 0 heteroatoms. The van der Waals surface area contributed by atoms with Gasteiger partial charge < -0.3 is 0 Å². The van der Waals surface area contributed by atoms with E-state index in [1.54, 1.807) is 0 Å². The minimum Gasteiger partial charge on any atom is -0.0622 e. The van der Waals surface area contributed by atoms with Crippen LogP contribution in [0.4, 0.5) is 0 Å². The third-order valence-electron chi connectivity index (χ3n) is 3.37. The molecule has 0 N–H and O–H groups in total. The first-order chi connectivity index (χ1) is 10.9. The largest absolute Gasteiger partial charge is 0.0622 e. The van der Waals surface area contributed by atoms with Gasteiger partial charge in [-0.1, -0.05) is 97.1 Å². The maximum Gasteiger partial charge on any atom is -0.0105 e. The molecule has 3 aromatic carbocycles. The Labute approximate surface area is 132 Å². The molecule has 0 fully saturated rings. The van der Waals surface area contributed by atoms with Crippen LogP contribution in [0.5, 0.6) is 0 Å². The molecule has 0 aliphatic rings. The van der Waals surface area contributed by atoms with Crippen LogP contribution in [0.25, 0.3) is 24.3 Å². The Hall–Kier alpha value is -2.86. The first kappa shape index (κ1) is 14.1. The SMILES string of the molecule is [c]1ccc(/C=C/c2ccccc2)cc1/C=C/c1ccccc1. The second-order valence-corrected chi connectivity index (χ2v) is 5.07. The summed E-state index contributed by atoms with van der Waals surface area (Å²) >= 11 is 0. The van der Waals surface area contributed by atoms with Crippen molar-refractivity contribution in [3.05, 3.63) is 107 Å². The Bertz CT molecular complexity index is 701. The van der Waals surface area contributed by atoms with Gasteiger partial charge in [0.15, 0.2) is 0 Å². The van der Waals surface area contributed by atoms with Crippen LogP contribution in [0.15, 0.2) is 78.9 Å². The molecule has 0 aliphatic carbocycles. The maximum atomic E-state index is 3.26. The summed E-state index contributed by atoms with van der Waals surface area (Å²) in [5.74, 6) is 0. The predicted molar refractivity (Wildman–Crippen MR) is 96.0 cm³/mol. The molecule has 0 saturated heterocycles. The minimum atomic E-state index is 1.08. The van der Waals surface area contributed by atoms with Gasteiger partial charge in [0, 0.05) is 0 Å². The summed E-state index contributed by atoms with van der Waals surface area (Å²) in [6, 6.07) is 30.1.